The van der Waals surface area contributed by atoms with Gasteiger partial charge in [-0.05, 0) is 96.8 Å². The number of anilines is 2. The van der Waals surface area contributed by atoms with Gasteiger partial charge in [-0.15, -0.1) is 11.8 Å². The van der Waals surface area contributed by atoms with Crippen molar-refractivity contribution in [1.82, 2.24) is 9.62 Å². The Morgan fingerprint density at radius 1 is 0.889 bits per heavy atom. The normalized spacial score (nSPS) is 13.3. The highest BCUT2D eigenvalue weighted by Gasteiger charge is 2.24. The number of carbonyl (C=O) groups is 1. The lowest BCUT2D eigenvalue weighted by atomic mass is 9.98. The number of nitrogens with one attached hydrogen (secondary N) is 2. The number of piperazine rings is 1. The van der Waals surface area contributed by atoms with Gasteiger partial charge in [0.1, 0.15) is 11.4 Å². The molecule has 280 valence electrons. The topological polar surface area (TPSA) is 134 Å². The number of aryl methyl sites for hydroxylation is 1. The Hall–Kier alpha value is -5.37. The molecule has 1 fully saturated rings. The minimum atomic E-state index is -4.38. The van der Waals surface area contributed by atoms with Crippen LogP contribution in [-0.4, -0.2) is 69.2 Å². The summed E-state index contributed by atoms with van der Waals surface area (Å²) >= 11 is 1.59. The van der Waals surface area contributed by atoms with Gasteiger partial charge >= 0.3 is 0 Å². The number of benzene rings is 5. The van der Waals surface area contributed by atoms with Gasteiger partial charge < -0.3 is 15.0 Å². The largest absolute Gasteiger partial charge is 0.494 e. The molecule has 0 bridgehead atoms. The van der Waals surface area contributed by atoms with Crippen LogP contribution in [0.5, 0.6) is 5.75 Å². The van der Waals surface area contributed by atoms with Crippen molar-refractivity contribution in [2.75, 3.05) is 55.3 Å². The third-order valence-electron chi connectivity index (χ3n) is 9.15. The number of nitrogens with zero attached hydrogens (tertiary/aromatic N) is 3. The fraction of sp³-hybridized carbons (Fsp3) is 0.244. The zero-order chi connectivity index (χ0) is 38.1. The first kappa shape index (κ1) is 38.4. The quantitative estimate of drug-likeness (QED) is 0.0475. The summed E-state index contributed by atoms with van der Waals surface area (Å²) in [6.07, 6.45) is 0. The Labute approximate surface area is 320 Å². The van der Waals surface area contributed by atoms with Gasteiger partial charge in [-0.2, -0.15) is 0 Å². The first-order chi connectivity index (χ1) is 26.1. The Balaban J connectivity index is 1.00. The Kier molecular flexibility index (Phi) is 12.5. The van der Waals surface area contributed by atoms with Gasteiger partial charge in [-0.1, -0.05) is 48.5 Å². The van der Waals surface area contributed by atoms with Crippen LogP contribution in [0.25, 0.3) is 11.1 Å². The number of nitro groups is 1. The summed E-state index contributed by atoms with van der Waals surface area (Å²) < 4.78 is 34.0. The van der Waals surface area contributed by atoms with Crippen LogP contribution in [-0.2, 0) is 16.6 Å². The average Bonchev–Trinajstić information content (AvgIpc) is 3.17. The Morgan fingerprint density at radius 2 is 1.65 bits per heavy atom. The van der Waals surface area contributed by atoms with Crippen molar-refractivity contribution in [3.63, 3.8) is 0 Å². The molecule has 54 heavy (non-hydrogen) atoms. The first-order valence-electron chi connectivity index (χ1n) is 17.8. The molecule has 0 spiro atoms. The lowest BCUT2D eigenvalue weighted by Gasteiger charge is -2.36. The van der Waals surface area contributed by atoms with E-state index in [4.69, 9.17) is 4.74 Å². The van der Waals surface area contributed by atoms with Crippen molar-refractivity contribution < 1.29 is 22.9 Å². The fourth-order valence-corrected chi connectivity index (χ4v) is 8.19. The number of thioether (sulfide) groups is 1. The minimum Gasteiger partial charge on any atom is -0.494 e. The van der Waals surface area contributed by atoms with E-state index in [1.807, 2.05) is 49.4 Å². The predicted molar refractivity (Wildman–Crippen MR) is 215 cm³/mol. The lowest BCUT2D eigenvalue weighted by Crippen LogP contribution is -2.46. The minimum absolute atomic E-state index is 0.160. The number of rotatable bonds is 15. The molecule has 0 aromatic heterocycles. The summed E-state index contributed by atoms with van der Waals surface area (Å²) in [5, 5.41) is 14.8. The van der Waals surface area contributed by atoms with Crippen molar-refractivity contribution in [3.05, 3.63) is 142 Å². The Morgan fingerprint density at radius 3 is 2.35 bits per heavy atom. The molecule has 0 atom stereocenters. The summed E-state index contributed by atoms with van der Waals surface area (Å²) in [5.74, 6) is 0.693. The van der Waals surface area contributed by atoms with Gasteiger partial charge in [-0.3, -0.25) is 19.8 Å². The molecule has 5 aromatic rings. The number of hydrogen-bond donors (Lipinski definition) is 2. The van der Waals surface area contributed by atoms with E-state index < -0.39 is 26.5 Å². The first-order valence-corrected chi connectivity index (χ1v) is 20.2. The van der Waals surface area contributed by atoms with Gasteiger partial charge in [0, 0.05) is 67.2 Å². The second-order valence-electron chi connectivity index (χ2n) is 12.9. The third-order valence-corrected chi connectivity index (χ3v) is 11.5. The van der Waals surface area contributed by atoms with Crippen LogP contribution in [0.1, 0.15) is 28.4 Å². The maximum atomic E-state index is 13.1. The summed E-state index contributed by atoms with van der Waals surface area (Å²) in [6.45, 7) is 9.36. The van der Waals surface area contributed by atoms with E-state index in [0.717, 1.165) is 60.7 Å². The van der Waals surface area contributed by atoms with Gasteiger partial charge in [0.05, 0.1) is 16.4 Å². The summed E-state index contributed by atoms with van der Waals surface area (Å²) in [6, 6.07) is 34.9. The van der Waals surface area contributed by atoms with Crippen LogP contribution in [0, 0.1) is 17.0 Å². The number of carbonyl (C=O) groups excluding carboxylic acids is 1. The van der Waals surface area contributed by atoms with Crippen LogP contribution in [0.3, 0.4) is 0 Å². The molecule has 1 saturated heterocycles. The van der Waals surface area contributed by atoms with E-state index in [9.17, 15) is 23.3 Å². The molecule has 1 aliphatic rings. The summed E-state index contributed by atoms with van der Waals surface area (Å²) in [7, 11) is -4.38. The van der Waals surface area contributed by atoms with Crippen LogP contribution in [0.2, 0.25) is 0 Å². The second kappa shape index (κ2) is 17.6. The molecule has 5 aromatic carbocycles. The highest BCUT2D eigenvalue weighted by Crippen LogP contribution is 2.30. The van der Waals surface area contributed by atoms with Crippen molar-refractivity contribution in [1.29, 1.82) is 0 Å². The molecule has 0 unspecified atom stereocenters. The van der Waals surface area contributed by atoms with Crippen LogP contribution in [0.15, 0.2) is 125 Å². The standard InChI is InChI=1S/C41H43N5O6S2/c1-3-52-35-9-7-8-33(27-35)38-18-12-31(26-30(38)2)29-44-21-23-45(24-22-44)34-15-13-32(14-16-34)41(47)43-54(50,51)37-17-19-39(40(28-37)46(48)49)42-20-25-53-36-10-5-4-6-11-36/h4-19,26-28,42H,3,20-25,29H2,1-2H3,(H,43,47). The van der Waals surface area contributed by atoms with Crippen molar-refractivity contribution in [2.45, 2.75) is 30.2 Å². The molecule has 1 aliphatic heterocycles. The van der Waals surface area contributed by atoms with Crippen LogP contribution >= 0.6 is 11.8 Å². The summed E-state index contributed by atoms with van der Waals surface area (Å²) in [4.78, 5) is 29.6. The monoisotopic (exact) mass is 765 g/mol. The number of amides is 1. The molecule has 2 N–H and O–H groups in total. The maximum absolute atomic E-state index is 13.1. The van der Waals surface area contributed by atoms with E-state index in [1.165, 1.54) is 28.8 Å². The van der Waals surface area contributed by atoms with E-state index in [1.54, 1.807) is 36.0 Å². The molecular weight excluding hydrogens is 723 g/mol. The molecule has 1 heterocycles. The maximum Gasteiger partial charge on any atom is 0.293 e. The van der Waals surface area contributed by atoms with Gasteiger partial charge in [0.25, 0.3) is 21.6 Å². The van der Waals surface area contributed by atoms with Gasteiger partial charge in [0.2, 0.25) is 0 Å². The molecule has 13 heteroatoms. The molecule has 0 saturated carbocycles. The van der Waals surface area contributed by atoms with Gasteiger partial charge in [-0.25, -0.2) is 13.1 Å². The zero-order valence-corrected chi connectivity index (χ0v) is 31.9. The van der Waals surface area contributed by atoms with Crippen LogP contribution in [0.4, 0.5) is 17.1 Å². The summed E-state index contributed by atoms with van der Waals surface area (Å²) in [5.41, 5.74) is 5.69. The molecule has 0 aliphatic carbocycles. The highest BCUT2D eigenvalue weighted by atomic mass is 32.2. The second-order valence-corrected chi connectivity index (χ2v) is 15.7. The van der Waals surface area contributed by atoms with Gasteiger partial charge in [0.15, 0.2) is 0 Å². The van der Waals surface area contributed by atoms with E-state index >= 15 is 0 Å². The SMILES string of the molecule is CCOc1cccc(-c2ccc(CN3CCN(c4ccc(C(=O)NS(=O)(=O)c5ccc(NCCSc6ccccc6)c([N+](=O)[O-])c5)cc4)CC3)cc2C)c1. The van der Waals surface area contributed by atoms with Crippen LogP contribution < -0.4 is 19.7 Å². The fourth-order valence-electron chi connectivity index (χ4n) is 6.40. The van der Waals surface area contributed by atoms with Crippen molar-refractivity contribution >= 4 is 44.8 Å². The Bertz CT molecular complexity index is 2190. The van der Waals surface area contributed by atoms with Crippen molar-refractivity contribution in [3.8, 4) is 16.9 Å². The predicted octanol–water partition coefficient (Wildman–Crippen LogP) is 7.61. The molecule has 0 radical (unpaired) electrons. The van der Waals surface area contributed by atoms with E-state index in [2.05, 4.69) is 57.1 Å². The van der Waals surface area contributed by atoms with E-state index in [0.29, 0.717) is 18.9 Å². The number of nitro benzene ring substituents is 1. The molecule has 6 rings (SSSR count). The highest BCUT2D eigenvalue weighted by molar-refractivity contribution is 7.99. The number of hydrogen-bond acceptors (Lipinski definition) is 10. The average molecular weight is 766 g/mol. The zero-order valence-electron chi connectivity index (χ0n) is 30.2. The van der Waals surface area contributed by atoms with E-state index in [-0.39, 0.29) is 16.1 Å². The third kappa shape index (κ3) is 9.78. The van der Waals surface area contributed by atoms with Crippen molar-refractivity contribution in [2.24, 2.45) is 0 Å². The number of sulfonamides is 1. The molecule has 1 amide bonds. The molecular formula is C41H43N5O6S2. The molecule has 11 nitrogen and oxygen atoms in total. The lowest BCUT2D eigenvalue weighted by molar-refractivity contribution is -0.384. The number of ether oxygens (including phenoxy) is 1. The smallest absolute Gasteiger partial charge is 0.293 e.